The van der Waals surface area contributed by atoms with Crippen LogP contribution >= 0.6 is 11.6 Å². The van der Waals surface area contributed by atoms with Crippen LogP contribution in [0.5, 0.6) is 11.5 Å². The average Bonchev–Trinajstić information content (AvgIpc) is 2.78. The number of carbonyl (C=O) groups is 1. The summed E-state index contributed by atoms with van der Waals surface area (Å²) in [4.78, 5) is 15.2. The zero-order chi connectivity index (χ0) is 21.1. The summed E-state index contributed by atoms with van der Waals surface area (Å²) in [7, 11) is 3.16. The van der Waals surface area contributed by atoms with Crippen molar-refractivity contribution in [1.82, 2.24) is 4.90 Å². The molecule has 0 radical (unpaired) electrons. The van der Waals surface area contributed by atoms with E-state index in [-0.39, 0.29) is 12.1 Å². The molecule has 3 aromatic rings. The van der Waals surface area contributed by atoms with Crippen molar-refractivity contribution >= 4 is 23.3 Å². The van der Waals surface area contributed by atoms with Crippen LogP contribution in [0.25, 0.3) is 0 Å². The molecule has 1 aliphatic rings. The molecule has 6 heteroatoms. The van der Waals surface area contributed by atoms with E-state index < -0.39 is 0 Å². The molecule has 4 rings (SSSR count). The van der Waals surface area contributed by atoms with Gasteiger partial charge in [-0.05, 0) is 35.2 Å². The highest BCUT2D eigenvalue weighted by Crippen LogP contribution is 2.36. The molecule has 154 valence electrons. The smallest absolute Gasteiger partial charge is 0.322 e. The van der Waals surface area contributed by atoms with Crippen LogP contribution in [-0.2, 0) is 6.42 Å². The van der Waals surface area contributed by atoms with Gasteiger partial charge < -0.3 is 19.7 Å². The van der Waals surface area contributed by atoms with Crippen LogP contribution in [0.1, 0.15) is 22.7 Å². The number of hydrogen-bond donors (Lipinski definition) is 1. The molecule has 3 aromatic carbocycles. The van der Waals surface area contributed by atoms with Crippen molar-refractivity contribution in [3.8, 4) is 11.5 Å². The van der Waals surface area contributed by atoms with Crippen LogP contribution < -0.4 is 14.8 Å². The summed E-state index contributed by atoms with van der Waals surface area (Å²) in [5.41, 5.74) is 4.02. The zero-order valence-electron chi connectivity index (χ0n) is 16.9. The van der Waals surface area contributed by atoms with Gasteiger partial charge in [-0.3, -0.25) is 0 Å². The molecule has 2 amide bonds. The number of carbonyl (C=O) groups excluding carboxylic acids is 1. The molecule has 0 aliphatic carbocycles. The summed E-state index contributed by atoms with van der Waals surface area (Å²) in [6, 6.07) is 20.9. The van der Waals surface area contributed by atoms with E-state index in [1.54, 1.807) is 32.4 Å². The summed E-state index contributed by atoms with van der Waals surface area (Å²) >= 11 is 6.10. The van der Waals surface area contributed by atoms with E-state index in [1.807, 2.05) is 41.3 Å². The first kappa shape index (κ1) is 20.1. The van der Waals surface area contributed by atoms with Crippen molar-refractivity contribution in [3.63, 3.8) is 0 Å². The minimum absolute atomic E-state index is 0.181. The lowest BCUT2D eigenvalue weighted by Gasteiger charge is -2.37. The van der Waals surface area contributed by atoms with Crippen molar-refractivity contribution in [2.45, 2.75) is 12.5 Å². The Balaban J connectivity index is 1.68. The van der Waals surface area contributed by atoms with Crippen molar-refractivity contribution in [1.29, 1.82) is 0 Å². The Labute approximate surface area is 181 Å². The number of rotatable bonds is 4. The number of hydrogen-bond acceptors (Lipinski definition) is 3. The Bertz CT molecular complexity index is 1030. The summed E-state index contributed by atoms with van der Waals surface area (Å²) in [5.74, 6) is 1.23. The van der Waals surface area contributed by atoms with Crippen LogP contribution in [0.2, 0.25) is 5.02 Å². The summed E-state index contributed by atoms with van der Waals surface area (Å²) in [6.45, 7) is 0.608. The lowest BCUT2D eigenvalue weighted by Crippen LogP contribution is -2.43. The predicted octanol–water partition coefficient (Wildman–Crippen LogP) is 5.54. The van der Waals surface area contributed by atoms with E-state index >= 15 is 0 Å². The van der Waals surface area contributed by atoms with Gasteiger partial charge in [0.1, 0.15) is 11.5 Å². The molecule has 1 aliphatic heterocycles. The molecule has 0 saturated heterocycles. The molecule has 0 unspecified atom stereocenters. The molecule has 1 heterocycles. The molecular weight excluding hydrogens is 400 g/mol. The number of benzene rings is 3. The maximum Gasteiger partial charge on any atom is 0.322 e. The number of halogens is 1. The molecule has 0 aromatic heterocycles. The number of anilines is 1. The Morgan fingerprint density at radius 1 is 1.00 bits per heavy atom. The molecule has 30 heavy (non-hydrogen) atoms. The van der Waals surface area contributed by atoms with Crippen LogP contribution in [0.4, 0.5) is 10.5 Å². The van der Waals surface area contributed by atoms with E-state index in [0.717, 1.165) is 17.5 Å². The summed E-state index contributed by atoms with van der Waals surface area (Å²) in [6.07, 6.45) is 0.801. The second kappa shape index (κ2) is 8.67. The number of fused-ring (bicyclic) bond motifs is 1. The fourth-order valence-electron chi connectivity index (χ4n) is 3.86. The molecule has 1 N–H and O–H groups in total. The number of ether oxygens (including phenoxy) is 2. The van der Waals surface area contributed by atoms with Gasteiger partial charge in [-0.2, -0.15) is 0 Å². The van der Waals surface area contributed by atoms with Crippen molar-refractivity contribution in [2.75, 3.05) is 26.1 Å². The van der Waals surface area contributed by atoms with Crippen molar-refractivity contribution in [2.24, 2.45) is 0 Å². The second-order valence-electron chi connectivity index (χ2n) is 7.13. The molecule has 5 nitrogen and oxygen atoms in total. The van der Waals surface area contributed by atoms with E-state index in [0.29, 0.717) is 28.8 Å². The SMILES string of the molecule is COc1cc(NC(=O)N2CCc3ccccc3[C@@H]2c2ccc(Cl)cc2)cc(OC)c1. The first-order chi connectivity index (χ1) is 14.6. The quantitative estimate of drug-likeness (QED) is 0.600. The lowest BCUT2D eigenvalue weighted by molar-refractivity contribution is 0.194. The Kier molecular flexibility index (Phi) is 5.81. The van der Waals surface area contributed by atoms with E-state index in [2.05, 4.69) is 17.4 Å². The summed E-state index contributed by atoms with van der Waals surface area (Å²) in [5, 5.41) is 3.67. The van der Waals surface area contributed by atoms with Crippen LogP contribution in [0.15, 0.2) is 66.7 Å². The first-order valence-electron chi connectivity index (χ1n) is 9.73. The molecular formula is C24H23ClN2O3. The monoisotopic (exact) mass is 422 g/mol. The number of nitrogens with one attached hydrogen (secondary N) is 1. The van der Waals surface area contributed by atoms with Crippen molar-refractivity contribution in [3.05, 3.63) is 88.4 Å². The normalized spacial score (nSPS) is 15.3. The fraction of sp³-hybridized carbons (Fsp3) is 0.208. The van der Waals surface area contributed by atoms with Gasteiger partial charge in [0.15, 0.2) is 0 Å². The minimum Gasteiger partial charge on any atom is -0.497 e. The van der Waals surface area contributed by atoms with Gasteiger partial charge in [0.05, 0.1) is 20.3 Å². The van der Waals surface area contributed by atoms with Gasteiger partial charge >= 0.3 is 6.03 Å². The lowest BCUT2D eigenvalue weighted by atomic mass is 9.88. The molecule has 0 fully saturated rings. The molecule has 0 spiro atoms. The second-order valence-corrected chi connectivity index (χ2v) is 7.56. The topological polar surface area (TPSA) is 50.8 Å². The molecule has 0 bridgehead atoms. The van der Waals surface area contributed by atoms with Gasteiger partial charge in [-0.1, -0.05) is 48.0 Å². The van der Waals surface area contributed by atoms with Gasteiger partial charge in [-0.15, -0.1) is 0 Å². The minimum atomic E-state index is -0.195. The predicted molar refractivity (Wildman–Crippen MR) is 119 cm³/mol. The number of urea groups is 1. The number of amides is 2. The van der Waals surface area contributed by atoms with Gasteiger partial charge in [0.2, 0.25) is 0 Å². The Morgan fingerprint density at radius 2 is 1.67 bits per heavy atom. The molecule has 0 saturated carbocycles. The van der Waals surface area contributed by atoms with Crippen LogP contribution in [0.3, 0.4) is 0 Å². The summed E-state index contributed by atoms with van der Waals surface area (Å²) < 4.78 is 10.6. The third kappa shape index (κ3) is 4.07. The van der Waals surface area contributed by atoms with Crippen LogP contribution in [0, 0.1) is 0 Å². The third-order valence-corrected chi connectivity index (χ3v) is 5.58. The van der Waals surface area contributed by atoms with Gasteiger partial charge in [-0.25, -0.2) is 4.79 Å². The average molecular weight is 423 g/mol. The largest absolute Gasteiger partial charge is 0.497 e. The Hall–Kier alpha value is -3.18. The van der Waals surface area contributed by atoms with E-state index in [9.17, 15) is 4.79 Å². The maximum atomic E-state index is 13.3. The highest BCUT2D eigenvalue weighted by Gasteiger charge is 2.32. The number of nitrogens with zero attached hydrogens (tertiary/aromatic N) is 1. The number of methoxy groups -OCH3 is 2. The maximum absolute atomic E-state index is 13.3. The zero-order valence-corrected chi connectivity index (χ0v) is 17.6. The van der Waals surface area contributed by atoms with E-state index in [1.165, 1.54) is 5.56 Å². The van der Waals surface area contributed by atoms with Gasteiger partial charge in [0.25, 0.3) is 0 Å². The van der Waals surface area contributed by atoms with Gasteiger partial charge in [0, 0.05) is 35.5 Å². The molecule has 1 atom stereocenters. The van der Waals surface area contributed by atoms with Crippen LogP contribution in [-0.4, -0.2) is 31.7 Å². The highest BCUT2D eigenvalue weighted by molar-refractivity contribution is 6.30. The fourth-order valence-corrected chi connectivity index (χ4v) is 3.99. The Morgan fingerprint density at radius 3 is 2.33 bits per heavy atom. The highest BCUT2D eigenvalue weighted by atomic mass is 35.5. The third-order valence-electron chi connectivity index (χ3n) is 5.33. The first-order valence-corrected chi connectivity index (χ1v) is 10.1. The van der Waals surface area contributed by atoms with Crippen molar-refractivity contribution < 1.29 is 14.3 Å². The van der Waals surface area contributed by atoms with E-state index in [4.69, 9.17) is 21.1 Å². The standard InChI is InChI=1S/C24H23ClN2O3/c1-29-20-13-19(14-21(15-20)30-2)26-24(28)27-12-11-16-5-3-4-6-22(16)23(27)17-7-9-18(25)10-8-17/h3-10,13-15,23H,11-12H2,1-2H3,(H,26,28)/t23-/m0/s1.